The number of hydrogen-bond donors (Lipinski definition) is 1. The maximum absolute atomic E-state index is 11.1. The van der Waals surface area contributed by atoms with Crippen molar-refractivity contribution in [3.63, 3.8) is 0 Å². The molecule has 1 aromatic carbocycles. The molecule has 0 saturated carbocycles. The van der Waals surface area contributed by atoms with Crippen LogP contribution in [0.2, 0.25) is 0 Å². The first kappa shape index (κ1) is 14.9. The molecule has 0 fully saturated rings. The van der Waals surface area contributed by atoms with E-state index in [1.165, 1.54) is 6.26 Å². The van der Waals surface area contributed by atoms with Crippen LogP contribution in [-0.4, -0.2) is 40.4 Å². The summed E-state index contributed by atoms with van der Waals surface area (Å²) in [4.78, 5) is 0. The van der Waals surface area contributed by atoms with Crippen molar-refractivity contribution in [3.05, 3.63) is 17.7 Å². The summed E-state index contributed by atoms with van der Waals surface area (Å²) in [5, 5.41) is 0. The lowest BCUT2D eigenvalue weighted by Gasteiger charge is -2.12. The fourth-order valence-corrected chi connectivity index (χ4v) is 2.60. The third-order valence-corrected chi connectivity index (χ3v) is 3.92. The highest BCUT2D eigenvalue weighted by atomic mass is 32.2. The Morgan fingerprint density at radius 1 is 1.30 bits per heavy atom. The number of fused-ring (bicyclic) bond motifs is 1. The van der Waals surface area contributed by atoms with Gasteiger partial charge in [-0.1, -0.05) is 0 Å². The van der Waals surface area contributed by atoms with Crippen molar-refractivity contribution in [2.24, 2.45) is 5.73 Å². The van der Waals surface area contributed by atoms with E-state index in [1.807, 2.05) is 6.07 Å². The van der Waals surface area contributed by atoms with Crippen LogP contribution in [0, 0.1) is 0 Å². The predicted octanol–water partition coefficient (Wildman–Crippen LogP) is 0.730. The largest absolute Gasteiger partial charge is 0.493 e. The van der Waals surface area contributed by atoms with Crippen LogP contribution >= 0.6 is 0 Å². The van der Waals surface area contributed by atoms with Gasteiger partial charge in [-0.3, -0.25) is 0 Å². The summed E-state index contributed by atoms with van der Waals surface area (Å²) in [6.45, 7) is 1.04. The maximum atomic E-state index is 11.1. The van der Waals surface area contributed by atoms with E-state index in [9.17, 15) is 8.42 Å². The smallest absolute Gasteiger partial charge is 0.231 e. The van der Waals surface area contributed by atoms with E-state index in [4.69, 9.17) is 19.9 Å². The Balaban J connectivity index is 2.02. The molecule has 0 aliphatic carbocycles. The van der Waals surface area contributed by atoms with Gasteiger partial charge in [0, 0.05) is 12.3 Å². The van der Waals surface area contributed by atoms with Crippen LogP contribution in [0.25, 0.3) is 0 Å². The normalized spacial score (nSPS) is 13.5. The molecular weight excluding hydrogens is 282 g/mol. The SMILES string of the molecule is CS(=O)(=O)CCCOc1cc2c(cc1CCN)OCO2. The second-order valence-electron chi connectivity index (χ2n) is 4.68. The van der Waals surface area contributed by atoms with Gasteiger partial charge in [-0.05, 0) is 31.0 Å². The van der Waals surface area contributed by atoms with E-state index >= 15 is 0 Å². The van der Waals surface area contributed by atoms with Gasteiger partial charge in [-0.15, -0.1) is 0 Å². The molecule has 0 bridgehead atoms. The van der Waals surface area contributed by atoms with Gasteiger partial charge in [0.1, 0.15) is 15.6 Å². The van der Waals surface area contributed by atoms with Crippen molar-refractivity contribution in [3.8, 4) is 17.2 Å². The molecule has 0 aromatic heterocycles. The minimum absolute atomic E-state index is 0.115. The molecule has 20 heavy (non-hydrogen) atoms. The van der Waals surface area contributed by atoms with Crippen LogP contribution in [0.5, 0.6) is 17.2 Å². The lowest BCUT2D eigenvalue weighted by Crippen LogP contribution is -2.10. The molecule has 7 heteroatoms. The van der Waals surface area contributed by atoms with Crippen LogP contribution in [0.1, 0.15) is 12.0 Å². The molecule has 0 amide bonds. The van der Waals surface area contributed by atoms with Crippen molar-refractivity contribution < 1.29 is 22.6 Å². The fraction of sp³-hybridized carbons (Fsp3) is 0.538. The third-order valence-electron chi connectivity index (χ3n) is 2.89. The van der Waals surface area contributed by atoms with E-state index in [0.29, 0.717) is 43.2 Å². The van der Waals surface area contributed by atoms with E-state index < -0.39 is 9.84 Å². The Labute approximate surface area is 118 Å². The lowest BCUT2D eigenvalue weighted by atomic mass is 10.1. The summed E-state index contributed by atoms with van der Waals surface area (Å²) >= 11 is 0. The number of ether oxygens (including phenoxy) is 3. The van der Waals surface area contributed by atoms with Gasteiger partial charge in [0.05, 0.1) is 12.4 Å². The van der Waals surface area contributed by atoms with E-state index in [-0.39, 0.29) is 12.5 Å². The minimum atomic E-state index is -2.95. The molecule has 6 nitrogen and oxygen atoms in total. The van der Waals surface area contributed by atoms with Crippen LogP contribution in [0.3, 0.4) is 0 Å². The average molecular weight is 301 g/mol. The number of hydrogen-bond acceptors (Lipinski definition) is 6. The van der Waals surface area contributed by atoms with Gasteiger partial charge in [-0.2, -0.15) is 0 Å². The second-order valence-corrected chi connectivity index (χ2v) is 6.94. The Hall–Kier alpha value is -1.47. The first-order chi connectivity index (χ1) is 9.49. The second kappa shape index (κ2) is 6.32. The molecule has 1 aliphatic heterocycles. The van der Waals surface area contributed by atoms with E-state index in [0.717, 1.165) is 5.56 Å². The van der Waals surface area contributed by atoms with Crippen LogP contribution < -0.4 is 19.9 Å². The molecule has 0 unspecified atom stereocenters. The predicted molar refractivity (Wildman–Crippen MR) is 75.1 cm³/mol. The third kappa shape index (κ3) is 4.01. The monoisotopic (exact) mass is 301 g/mol. The number of rotatable bonds is 7. The summed E-state index contributed by atoms with van der Waals surface area (Å²) in [6.07, 6.45) is 2.33. The lowest BCUT2D eigenvalue weighted by molar-refractivity contribution is 0.173. The molecule has 1 heterocycles. The quantitative estimate of drug-likeness (QED) is 0.747. The molecule has 0 radical (unpaired) electrons. The minimum Gasteiger partial charge on any atom is -0.493 e. The molecular formula is C13H19NO5S. The van der Waals surface area contributed by atoms with Crippen molar-refractivity contribution >= 4 is 9.84 Å². The summed E-state index contributed by atoms with van der Waals surface area (Å²) in [7, 11) is -2.95. The number of sulfone groups is 1. The summed E-state index contributed by atoms with van der Waals surface area (Å²) < 4.78 is 38.4. The zero-order valence-electron chi connectivity index (χ0n) is 11.4. The number of nitrogens with two attached hydrogens (primary N) is 1. The topological polar surface area (TPSA) is 87.9 Å². The van der Waals surface area contributed by atoms with Crippen molar-refractivity contribution in [1.29, 1.82) is 0 Å². The van der Waals surface area contributed by atoms with Crippen molar-refractivity contribution in [1.82, 2.24) is 0 Å². The molecule has 0 atom stereocenters. The van der Waals surface area contributed by atoms with Gasteiger partial charge in [0.25, 0.3) is 0 Å². The fourth-order valence-electron chi connectivity index (χ4n) is 1.95. The van der Waals surface area contributed by atoms with Gasteiger partial charge in [0.15, 0.2) is 11.5 Å². The molecule has 1 aliphatic rings. The molecule has 2 rings (SSSR count). The molecule has 112 valence electrons. The Morgan fingerprint density at radius 2 is 2.00 bits per heavy atom. The first-order valence-corrected chi connectivity index (χ1v) is 8.49. The van der Waals surface area contributed by atoms with Crippen LogP contribution in [0.15, 0.2) is 12.1 Å². The van der Waals surface area contributed by atoms with Crippen LogP contribution in [-0.2, 0) is 16.3 Å². The molecule has 0 saturated heterocycles. The Morgan fingerprint density at radius 3 is 2.65 bits per heavy atom. The zero-order chi connectivity index (χ0) is 14.6. The highest BCUT2D eigenvalue weighted by Crippen LogP contribution is 2.38. The van der Waals surface area contributed by atoms with Crippen LogP contribution in [0.4, 0.5) is 0 Å². The van der Waals surface area contributed by atoms with Gasteiger partial charge >= 0.3 is 0 Å². The Bertz CT molecular complexity index is 570. The first-order valence-electron chi connectivity index (χ1n) is 6.43. The standard InChI is InChI=1S/C13H19NO5S/c1-20(15,16)6-2-5-17-11-8-13-12(18-9-19-13)7-10(11)3-4-14/h7-8H,2-6,9,14H2,1H3. The Kier molecular flexibility index (Phi) is 4.72. The average Bonchev–Trinajstić information content (AvgIpc) is 2.81. The highest BCUT2D eigenvalue weighted by Gasteiger charge is 2.17. The van der Waals surface area contributed by atoms with Crippen molar-refractivity contribution in [2.75, 3.05) is 32.0 Å². The zero-order valence-corrected chi connectivity index (χ0v) is 12.2. The molecule has 1 aromatic rings. The van der Waals surface area contributed by atoms with Crippen molar-refractivity contribution in [2.45, 2.75) is 12.8 Å². The molecule has 2 N–H and O–H groups in total. The van der Waals surface area contributed by atoms with Gasteiger partial charge in [-0.25, -0.2) is 8.42 Å². The van der Waals surface area contributed by atoms with Gasteiger partial charge < -0.3 is 19.9 Å². The van der Waals surface area contributed by atoms with E-state index in [2.05, 4.69) is 0 Å². The maximum Gasteiger partial charge on any atom is 0.231 e. The van der Waals surface area contributed by atoms with E-state index in [1.54, 1.807) is 6.07 Å². The summed E-state index contributed by atoms with van der Waals surface area (Å²) in [6, 6.07) is 3.63. The summed E-state index contributed by atoms with van der Waals surface area (Å²) in [5.41, 5.74) is 6.52. The summed E-state index contributed by atoms with van der Waals surface area (Å²) in [5.74, 6) is 2.12. The highest BCUT2D eigenvalue weighted by molar-refractivity contribution is 7.90. The number of benzene rings is 1. The van der Waals surface area contributed by atoms with Gasteiger partial charge in [0.2, 0.25) is 6.79 Å². The molecule has 0 spiro atoms.